The molecule has 1 saturated heterocycles. The number of aliphatic hydroxyl groups is 1. The third kappa shape index (κ3) is 4.58. The number of carboxylic acid groups (broad SMARTS) is 1. The van der Waals surface area contributed by atoms with Gasteiger partial charge in [0.25, 0.3) is 0 Å². The average Bonchev–Trinajstić information content (AvgIpc) is 2.29. The fourth-order valence-electron chi connectivity index (χ4n) is 1.94. The number of nitrogens with zero attached hydrogens (tertiary/aromatic N) is 1. The highest BCUT2D eigenvalue weighted by Crippen LogP contribution is 2.19. The van der Waals surface area contributed by atoms with Crippen molar-refractivity contribution in [2.24, 2.45) is 0 Å². The highest BCUT2D eigenvalue weighted by Gasteiger charge is 2.26. The van der Waals surface area contributed by atoms with Gasteiger partial charge < -0.3 is 15.1 Å². The lowest BCUT2D eigenvalue weighted by atomic mass is 10.0. The van der Waals surface area contributed by atoms with Crippen molar-refractivity contribution in [1.29, 1.82) is 0 Å². The van der Waals surface area contributed by atoms with Crippen molar-refractivity contribution >= 4 is 12.0 Å². The molecule has 0 aromatic rings. The summed E-state index contributed by atoms with van der Waals surface area (Å²) >= 11 is 0. The Morgan fingerprint density at radius 3 is 2.82 bits per heavy atom. The van der Waals surface area contributed by atoms with E-state index in [9.17, 15) is 9.59 Å². The summed E-state index contributed by atoms with van der Waals surface area (Å²) in [5, 5.41) is 17.2. The molecule has 17 heavy (non-hydrogen) atoms. The molecular formula is C10H18N2O5. The Labute approximate surface area is 99.3 Å². The molecule has 2 amide bonds. The average molecular weight is 246 g/mol. The van der Waals surface area contributed by atoms with E-state index in [0.717, 1.165) is 19.3 Å². The summed E-state index contributed by atoms with van der Waals surface area (Å²) in [5.74, 6) is -1.14. The number of aliphatic carboxylic acids is 1. The van der Waals surface area contributed by atoms with Crippen molar-refractivity contribution in [3.05, 3.63) is 0 Å². The SMILES string of the molecule is O=C(O)CONC(=O)N1CCCCC1CCO. The van der Waals surface area contributed by atoms with Crippen LogP contribution in [0.25, 0.3) is 0 Å². The molecule has 1 atom stereocenters. The lowest BCUT2D eigenvalue weighted by molar-refractivity contribution is -0.144. The van der Waals surface area contributed by atoms with Crippen molar-refractivity contribution in [2.75, 3.05) is 19.8 Å². The van der Waals surface area contributed by atoms with E-state index in [-0.39, 0.29) is 12.6 Å². The van der Waals surface area contributed by atoms with Gasteiger partial charge in [0.1, 0.15) is 0 Å². The summed E-state index contributed by atoms with van der Waals surface area (Å²) in [5.41, 5.74) is 2.10. The first kappa shape index (κ1) is 13.7. The number of carbonyl (C=O) groups excluding carboxylic acids is 1. The Morgan fingerprint density at radius 2 is 2.18 bits per heavy atom. The first-order valence-electron chi connectivity index (χ1n) is 5.66. The molecule has 1 unspecified atom stereocenters. The molecule has 0 radical (unpaired) electrons. The van der Waals surface area contributed by atoms with E-state index in [1.165, 1.54) is 0 Å². The number of amides is 2. The number of urea groups is 1. The normalized spacial score (nSPS) is 20.1. The molecule has 0 bridgehead atoms. The Kier molecular flexibility index (Phi) is 5.71. The molecule has 0 spiro atoms. The van der Waals surface area contributed by atoms with E-state index >= 15 is 0 Å². The van der Waals surface area contributed by atoms with Crippen LogP contribution in [0.1, 0.15) is 25.7 Å². The van der Waals surface area contributed by atoms with Gasteiger partial charge in [-0.2, -0.15) is 0 Å². The van der Waals surface area contributed by atoms with Gasteiger partial charge in [-0.15, -0.1) is 0 Å². The molecule has 7 heteroatoms. The van der Waals surface area contributed by atoms with E-state index < -0.39 is 18.6 Å². The number of rotatable bonds is 5. The summed E-state index contributed by atoms with van der Waals surface area (Å²) in [7, 11) is 0. The monoisotopic (exact) mass is 246 g/mol. The molecule has 1 rings (SSSR count). The maximum atomic E-state index is 11.7. The number of piperidine rings is 1. The van der Waals surface area contributed by atoms with Crippen molar-refractivity contribution in [1.82, 2.24) is 10.4 Å². The standard InChI is InChI=1S/C10H18N2O5/c13-6-4-8-3-1-2-5-12(8)10(16)11-17-7-9(14)15/h8,13H,1-7H2,(H,11,16)(H,14,15). The first-order chi connectivity index (χ1) is 8.15. The van der Waals surface area contributed by atoms with Crippen molar-refractivity contribution in [3.63, 3.8) is 0 Å². The van der Waals surface area contributed by atoms with Crippen LogP contribution in [0, 0.1) is 0 Å². The summed E-state index contributed by atoms with van der Waals surface area (Å²) < 4.78 is 0. The third-order valence-corrected chi connectivity index (χ3v) is 2.71. The van der Waals surface area contributed by atoms with Gasteiger partial charge in [0.2, 0.25) is 0 Å². The van der Waals surface area contributed by atoms with Crippen LogP contribution in [0.5, 0.6) is 0 Å². The Morgan fingerprint density at radius 1 is 1.41 bits per heavy atom. The molecule has 1 aliphatic heterocycles. The van der Waals surface area contributed by atoms with E-state index in [1.54, 1.807) is 4.90 Å². The van der Waals surface area contributed by atoms with Gasteiger partial charge in [-0.05, 0) is 25.7 Å². The minimum atomic E-state index is -1.14. The molecule has 0 aromatic carbocycles. The molecule has 3 N–H and O–H groups in total. The molecule has 1 aliphatic rings. The van der Waals surface area contributed by atoms with Gasteiger partial charge in [0.15, 0.2) is 6.61 Å². The summed E-state index contributed by atoms with van der Waals surface area (Å²) in [4.78, 5) is 28.0. The fourth-order valence-corrected chi connectivity index (χ4v) is 1.94. The van der Waals surface area contributed by atoms with Crippen LogP contribution in [0.2, 0.25) is 0 Å². The molecule has 98 valence electrons. The first-order valence-corrected chi connectivity index (χ1v) is 5.66. The van der Waals surface area contributed by atoms with Crippen LogP contribution >= 0.6 is 0 Å². The lowest BCUT2D eigenvalue weighted by Gasteiger charge is -2.35. The van der Waals surface area contributed by atoms with Crippen molar-refractivity contribution in [2.45, 2.75) is 31.7 Å². The molecule has 0 aliphatic carbocycles. The number of likely N-dealkylation sites (tertiary alicyclic amines) is 1. The molecule has 1 heterocycles. The smallest absolute Gasteiger partial charge is 0.341 e. The number of carboxylic acids is 1. The van der Waals surface area contributed by atoms with Crippen LogP contribution in [0.15, 0.2) is 0 Å². The number of hydroxylamine groups is 1. The highest BCUT2D eigenvalue weighted by molar-refractivity contribution is 5.74. The highest BCUT2D eigenvalue weighted by atomic mass is 16.7. The molecular weight excluding hydrogens is 228 g/mol. The van der Waals surface area contributed by atoms with Crippen LogP contribution < -0.4 is 5.48 Å². The second kappa shape index (κ2) is 7.08. The van der Waals surface area contributed by atoms with Gasteiger partial charge in [0.05, 0.1) is 0 Å². The second-order valence-corrected chi connectivity index (χ2v) is 3.94. The van der Waals surface area contributed by atoms with Gasteiger partial charge >= 0.3 is 12.0 Å². The predicted molar refractivity (Wildman–Crippen MR) is 58.2 cm³/mol. The Bertz CT molecular complexity index is 269. The number of carbonyl (C=O) groups is 2. The Hall–Kier alpha value is -1.34. The van der Waals surface area contributed by atoms with E-state index in [2.05, 4.69) is 10.3 Å². The molecule has 0 saturated carbocycles. The molecule has 0 aromatic heterocycles. The zero-order valence-electron chi connectivity index (χ0n) is 9.59. The Balaban J connectivity index is 2.38. The molecule has 1 fully saturated rings. The minimum Gasteiger partial charge on any atom is -0.479 e. The maximum Gasteiger partial charge on any atom is 0.341 e. The van der Waals surface area contributed by atoms with E-state index in [1.807, 2.05) is 0 Å². The zero-order valence-corrected chi connectivity index (χ0v) is 9.59. The van der Waals surface area contributed by atoms with E-state index in [4.69, 9.17) is 10.2 Å². The summed E-state index contributed by atoms with van der Waals surface area (Å²) in [6.07, 6.45) is 3.33. The fraction of sp³-hybridized carbons (Fsp3) is 0.800. The van der Waals surface area contributed by atoms with Crippen LogP contribution in [0.4, 0.5) is 4.79 Å². The zero-order chi connectivity index (χ0) is 12.7. The number of aliphatic hydroxyl groups excluding tert-OH is 1. The quantitative estimate of drug-likeness (QED) is 0.591. The maximum absolute atomic E-state index is 11.7. The van der Waals surface area contributed by atoms with Gasteiger partial charge in [-0.25, -0.2) is 15.1 Å². The topological polar surface area (TPSA) is 99.1 Å². The summed E-state index contributed by atoms with van der Waals surface area (Å²) in [6, 6.07) is -0.438. The van der Waals surface area contributed by atoms with Gasteiger partial charge in [0, 0.05) is 19.2 Å². The van der Waals surface area contributed by atoms with E-state index in [0.29, 0.717) is 13.0 Å². The van der Waals surface area contributed by atoms with Crippen molar-refractivity contribution in [3.8, 4) is 0 Å². The number of nitrogens with one attached hydrogen (secondary N) is 1. The minimum absolute atomic E-state index is 0.00202. The largest absolute Gasteiger partial charge is 0.479 e. The van der Waals surface area contributed by atoms with Gasteiger partial charge in [-0.1, -0.05) is 0 Å². The van der Waals surface area contributed by atoms with Crippen molar-refractivity contribution < 1.29 is 24.6 Å². The van der Waals surface area contributed by atoms with Crippen LogP contribution in [-0.2, 0) is 9.63 Å². The van der Waals surface area contributed by atoms with Crippen LogP contribution in [0.3, 0.4) is 0 Å². The summed E-state index contributed by atoms with van der Waals surface area (Å²) in [6.45, 7) is 0.0710. The predicted octanol–water partition coefficient (Wildman–Crippen LogP) is -0.0509. The second-order valence-electron chi connectivity index (χ2n) is 3.94. The molecule has 7 nitrogen and oxygen atoms in total. The number of hydrogen-bond donors (Lipinski definition) is 3. The third-order valence-electron chi connectivity index (χ3n) is 2.71. The van der Waals surface area contributed by atoms with Crippen LogP contribution in [-0.4, -0.2) is 52.9 Å². The van der Waals surface area contributed by atoms with Gasteiger partial charge in [-0.3, -0.25) is 4.84 Å². The lowest BCUT2D eigenvalue weighted by Crippen LogP contribution is -2.49. The number of hydrogen-bond acceptors (Lipinski definition) is 4.